The standard InChI is InChI=1S/C25H31N3O/c1-17(2)24(20-14-12-19(13-15-20)18-8-4-3-5-9-18)26-16-23-27-22-11-7-6-10-21(22)25(29)28-23/h6-7,10-15,17-18,24,26H,3-5,8-9,16H2,1-2H3,(H,27,28,29)/t24-/m1/s1. The van der Waals surface area contributed by atoms with Gasteiger partial charge in [-0.3, -0.25) is 4.79 Å². The van der Waals surface area contributed by atoms with Gasteiger partial charge in [0.1, 0.15) is 5.82 Å². The molecule has 29 heavy (non-hydrogen) atoms. The lowest BCUT2D eigenvalue weighted by Gasteiger charge is -2.25. The minimum atomic E-state index is -0.0784. The van der Waals surface area contributed by atoms with Crippen molar-refractivity contribution in [3.8, 4) is 0 Å². The highest BCUT2D eigenvalue weighted by Crippen LogP contribution is 2.33. The van der Waals surface area contributed by atoms with Crippen LogP contribution in [-0.2, 0) is 6.54 Å². The maximum absolute atomic E-state index is 12.3. The molecule has 0 spiro atoms. The van der Waals surface area contributed by atoms with Gasteiger partial charge in [-0.1, -0.05) is 69.5 Å². The fourth-order valence-electron chi connectivity index (χ4n) is 4.58. The number of benzene rings is 2. The number of aromatic amines is 1. The van der Waals surface area contributed by atoms with Gasteiger partial charge in [0.15, 0.2) is 0 Å². The highest BCUT2D eigenvalue weighted by Gasteiger charge is 2.19. The number of hydrogen-bond acceptors (Lipinski definition) is 3. The summed E-state index contributed by atoms with van der Waals surface area (Å²) in [5, 5.41) is 4.24. The number of fused-ring (bicyclic) bond motifs is 1. The number of hydrogen-bond donors (Lipinski definition) is 2. The van der Waals surface area contributed by atoms with Crippen LogP contribution in [0.1, 0.15) is 74.9 Å². The Labute approximate surface area is 172 Å². The molecule has 1 aromatic heterocycles. The predicted molar refractivity (Wildman–Crippen MR) is 119 cm³/mol. The lowest BCUT2D eigenvalue weighted by molar-refractivity contribution is 0.405. The first-order valence-corrected chi connectivity index (χ1v) is 10.9. The molecule has 0 saturated heterocycles. The van der Waals surface area contributed by atoms with Gasteiger partial charge in [0, 0.05) is 6.04 Å². The molecular formula is C25H31N3O. The minimum Gasteiger partial charge on any atom is -0.309 e. The van der Waals surface area contributed by atoms with Crippen molar-refractivity contribution in [3.63, 3.8) is 0 Å². The van der Waals surface area contributed by atoms with E-state index in [1.807, 2.05) is 24.3 Å². The Morgan fingerprint density at radius 1 is 1.03 bits per heavy atom. The fourth-order valence-corrected chi connectivity index (χ4v) is 4.58. The molecule has 152 valence electrons. The molecule has 1 heterocycles. The Kier molecular flexibility index (Phi) is 6.10. The lowest BCUT2D eigenvalue weighted by atomic mass is 9.83. The van der Waals surface area contributed by atoms with E-state index in [4.69, 9.17) is 0 Å². The number of nitrogens with zero attached hydrogens (tertiary/aromatic N) is 1. The Morgan fingerprint density at radius 3 is 2.48 bits per heavy atom. The molecule has 1 aliphatic rings. The van der Waals surface area contributed by atoms with Crippen LogP contribution in [0.15, 0.2) is 53.3 Å². The molecular weight excluding hydrogens is 358 g/mol. The van der Waals surface area contributed by atoms with Gasteiger partial charge in [-0.15, -0.1) is 0 Å². The van der Waals surface area contributed by atoms with Gasteiger partial charge in [-0.05, 0) is 47.9 Å². The number of rotatable bonds is 6. The van der Waals surface area contributed by atoms with E-state index in [-0.39, 0.29) is 11.6 Å². The maximum Gasteiger partial charge on any atom is 0.258 e. The molecule has 0 radical (unpaired) electrons. The van der Waals surface area contributed by atoms with Gasteiger partial charge in [0.05, 0.1) is 17.4 Å². The summed E-state index contributed by atoms with van der Waals surface area (Å²) in [5.41, 5.74) is 3.44. The van der Waals surface area contributed by atoms with Crippen LogP contribution in [-0.4, -0.2) is 9.97 Å². The van der Waals surface area contributed by atoms with Crippen LogP contribution in [0.3, 0.4) is 0 Å². The summed E-state index contributed by atoms with van der Waals surface area (Å²) in [6.45, 7) is 4.99. The minimum absolute atomic E-state index is 0.0784. The van der Waals surface area contributed by atoms with Gasteiger partial charge in [0.2, 0.25) is 0 Å². The van der Waals surface area contributed by atoms with Crippen molar-refractivity contribution < 1.29 is 0 Å². The van der Waals surface area contributed by atoms with E-state index in [1.165, 1.54) is 43.2 Å². The summed E-state index contributed by atoms with van der Waals surface area (Å²) >= 11 is 0. The van der Waals surface area contributed by atoms with Gasteiger partial charge in [-0.2, -0.15) is 0 Å². The monoisotopic (exact) mass is 389 g/mol. The third-order valence-corrected chi connectivity index (χ3v) is 6.19. The van der Waals surface area contributed by atoms with Gasteiger partial charge in [0.25, 0.3) is 5.56 Å². The fraction of sp³-hybridized carbons (Fsp3) is 0.440. The highest BCUT2D eigenvalue weighted by molar-refractivity contribution is 5.77. The lowest BCUT2D eigenvalue weighted by Crippen LogP contribution is -2.27. The van der Waals surface area contributed by atoms with Crippen molar-refractivity contribution in [1.82, 2.24) is 15.3 Å². The zero-order valence-corrected chi connectivity index (χ0v) is 17.4. The maximum atomic E-state index is 12.3. The van der Waals surface area contributed by atoms with Crippen LogP contribution >= 0.6 is 0 Å². The Bertz CT molecular complexity index is 1000. The molecule has 4 heteroatoms. The third kappa shape index (κ3) is 4.59. The first-order valence-electron chi connectivity index (χ1n) is 10.9. The van der Waals surface area contributed by atoms with Crippen LogP contribution in [0.2, 0.25) is 0 Å². The Morgan fingerprint density at radius 2 is 1.76 bits per heavy atom. The number of para-hydroxylation sites is 1. The van der Waals surface area contributed by atoms with Gasteiger partial charge >= 0.3 is 0 Å². The number of nitrogens with one attached hydrogen (secondary N) is 2. The molecule has 2 aromatic carbocycles. The predicted octanol–water partition coefficient (Wildman–Crippen LogP) is 5.46. The first-order chi connectivity index (χ1) is 14.1. The third-order valence-electron chi connectivity index (χ3n) is 6.19. The summed E-state index contributed by atoms with van der Waals surface area (Å²) in [7, 11) is 0. The summed E-state index contributed by atoms with van der Waals surface area (Å²) in [5.74, 6) is 1.84. The SMILES string of the molecule is CC(C)[C@@H](NCc1nc2ccccc2c(=O)[nH]1)c1ccc(C2CCCCC2)cc1. The normalized spacial score (nSPS) is 16.4. The molecule has 1 fully saturated rings. The van der Waals surface area contributed by atoms with Crippen molar-refractivity contribution in [2.75, 3.05) is 0 Å². The molecule has 0 bridgehead atoms. The van der Waals surface area contributed by atoms with E-state index < -0.39 is 0 Å². The second kappa shape index (κ2) is 8.91. The molecule has 2 N–H and O–H groups in total. The first kappa shape index (κ1) is 19.8. The highest BCUT2D eigenvalue weighted by atomic mass is 16.1. The van der Waals surface area contributed by atoms with Crippen molar-refractivity contribution in [3.05, 3.63) is 75.8 Å². The van der Waals surface area contributed by atoms with E-state index in [0.717, 1.165) is 11.4 Å². The van der Waals surface area contributed by atoms with E-state index >= 15 is 0 Å². The zero-order valence-electron chi connectivity index (χ0n) is 17.4. The smallest absolute Gasteiger partial charge is 0.258 e. The van der Waals surface area contributed by atoms with Crippen molar-refractivity contribution in [1.29, 1.82) is 0 Å². The molecule has 4 nitrogen and oxygen atoms in total. The van der Waals surface area contributed by atoms with E-state index in [1.54, 1.807) is 0 Å². The molecule has 1 saturated carbocycles. The molecule has 3 aromatic rings. The summed E-state index contributed by atoms with van der Waals surface area (Å²) in [6, 6.07) is 16.9. The molecule has 0 amide bonds. The van der Waals surface area contributed by atoms with Gasteiger partial charge < -0.3 is 10.3 Å². The molecule has 1 aliphatic carbocycles. The summed E-state index contributed by atoms with van der Waals surface area (Å²) in [6.07, 6.45) is 6.76. The van der Waals surface area contributed by atoms with Crippen molar-refractivity contribution in [2.45, 2.75) is 64.5 Å². The molecule has 0 aliphatic heterocycles. The van der Waals surface area contributed by atoms with Crippen molar-refractivity contribution in [2.24, 2.45) is 5.92 Å². The largest absolute Gasteiger partial charge is 0.309 e. The average Bonchev–Trinajstić information content (AvgIpc) is 2.75. The number of H-pyrrole nitrogens is 1. The van der Waals surface area contributed by atoms with Crippen LogP contribution in [0.4, 0.5) is 0 Å². The van der Waals surface area contributed by atoms with Crippen LogP contribution in [0, 0.1) is 5.92 Å². The van der Waals surface area contributed by atoms with E-state index in [9.17, 15) is 4.79 Å². The van der Waals surface area contributed by atoms with Crippen LogP contribution in [0.25, 0.3) is 10.9 Å². The van der Waals surface area contributed by atoms with Crippen molar-refractivity contribution >= 4 is 10.9 Å². The second-order valence-electron chi connectivity index (χ2n) is 8.63. The molecule has 1 atom stereocenters. The summed E-state index contributed by atoms with van der Waals surface area (Å²) in [4.78, 5) is 19.8. The Balaban J connectivity index is 1.49. The quantitative estimate of drug-likeness (QED) is 0.589. The van der Waals surface area contributed by atoms with Crippen LogP contribution in [0.5, 0.6) is 0 Å². The topological polar surface area (TPSA) is 57.8 Å². The second-order valence-corrected chi connectivity index (χ2v) is 8.63. The van der Waals surface area contributed by atoms with E-state index in [2.05, 4.69) is 53.4 Å². The zero-order chi connectivity index (χ0) is 20.2. The molecule has 0 unspecified atom stereocenters. The van der Waals surface area contributed by atoms with Gasteiger partial charge in [-0.25, -0.2) is 4.98 Å². The molecule has 4 rings (SSSR count). The Hall–Kier alpha value is -2.46. The number of aromatic nitrogens is 2. The van der Waals surface area contributed by atoms with E-state index in [0.29, 0.717) is 23.7 Å². The average molecular weight is 390 g/mol. The van der Waals surface area contributed by atoms with Crippen LogP contribution < -0.4 is 10.9 Å². The summed E-state index contributed by atoms with van der Waals surface area (Å²) < 4.78 is 0.